The van der Waals surface area contributed by atoms with Crippen LogP contribution in [0.1, 0.15) is 56.7 Å². The second kappa shape index (κ2) is 17.7. The fourth-order valence-corrected chi connectivity index (χ4v) is 5.01. The van der Waals surface area contributed by atoms with E-state index in [1.807, 2.05) is 6.92 Å². The first-order valence-electron chi connectivity index (χ1n) is 13.6. The topological polar surface area (TPSA) is 74.8 Å². The zero-order valence-corrected chi connectivity index (χ0v) is 25.6. The van der Waals surface area contributed by atoms with Gasteiger partial charge in [-0.3, -0.25) is 4.90 Å². The largest absolute Gasteiger partial charge is 0.415 e. The molecular formula is C30H39F4N5O2S. The van der Waals surface area contributed by atoms with Crippen molar-refractivity contribution in [2.45, 2.75) is 47.1 Å². The third-order valence-corrected chi connectivity index (χ3v) is 7.92. The van der Waals surface area contributed by atoms with Gasteiger partial charge in [0.25, 0.3) is 5.89 Å². The van der Waals surface area contributed by atoms with E-state index in [9.17, 15) is 21.8 Å². The Bertz CT molecular complexity index is 1300. The van der Waals surface area contributed by atoms with Gasteiger partial charge in [-0.25, -0.2) is 17.3 Å². The third kappa shape index (κ3) is 10.2. The molecule has 0 bridgehead atoms. The van der Waals surface area contributed by atoms with Gasteiger partial charge >= 0.3 is 6.43 Å². The van der Waals surface area contributed by atoms with Crippen LogP contribution in [0.2, 0.25) is 0 Å². The molecule has 0 radical (unpaired) electrons. The Morgan fingerprint density at radius 1 is 1.10 bits per heavy atom. The number of nitrogens with zero attached hydrogens (tertiary/aromatic N) is 5. The molecule has 2 heterocycles. The zero-order valence-electron chi connectivity index (χ0n) is 24.7. The summed E-state index contributed by atoms with van der Waals surface area (Å²) in [5, 5.41) is 6.40. The highest BCUT2D eigenvalue weighted by atomic mass is 32.2. The standard InChI is InChI=1S/C17H26N2OS.C11H8F4N2O.C2H5N/c1-4-15(3)17-8-6-16(7-9-17)14-18-10-12-19(13-11-18)21(20)5-2;1-2-6-7(12)3-5(4-8(6)13)10-16-17-11(18-10)9(14)15;1-3-2/h4,6-9H,5,10-14H2,1-3H3;3-4,9H,2H2,1H3;1H2,2H3/b15-4+;;. The van der Waals surface area contributed by atoms with Crippen molar-refractivity contribution in [2.24, 2.45) is 4.99 Å². The van der Waals surface area contributed by atoms with Crippen LogP contribution in [0.25, 0.3) is 17.0 Å². The Morgan fingerprint density at radius 3 is 2.12 bits per heavy atom. The number of hydrogen-bond donors (Lipinski definition) is 0. The second-order valence-electron chi connectivity index (χ2n) is 9.32. The lowest BCUT2D eigenvalue weighted by Crippen LogP contribution is -2.46. The van der Waals surface area contributed by atoms with E-state index >= 15 is 0 Å². The molecule has 3 aromatic rings. The fourth-order valence-electron chi connectivity index (χ4n) is 4.08. The van der Waals surface area contributed by atoms with Gasteiger partial charge < -0.3 is 9.41 Å². The number of piperazine rings is 1. The molecule has 1 fully saturated rings. The summed E-state index contributed by atoms with van der Waals surface area (Å²) in [6.07, 6.45) is -0.595. The lowest BCUT2D eigenvalue weighted by Gasteiger charge is -2.33. The Labute approximate surface area is 247 Å². The highest BCUT2D eigenvalue weighted by Gasteiger charge is 2.21. The highest BCUT2D eigenvalue weighted by Crippen LogP contribution is 2.26. The summed E-state index contributed by atoms with van der Waals surface area (Å²) in [6.45, 7) is 15.7. The molecule has 0 saturated carbocycles. The van der Waals surface area contributed by atoms with E-state index in [0.717, 1.165) is 50.6 Å². The number of allylic oxidation sites excluding steroid dienone is 2. The van der Waals surface area contributed by atoms with Crippen molar-refractivity contribution in [2.75, 3.05) is 39.0 Å². The number of hydrogen-bond acceptors (Lipinski definition) is 6. The SMILES string of the molecule is C/C=C(\C)c1ccc(CN2CCN(S(=O)CC)CC2)cc1.C=NC.CCc1c(F)cc(-c2nnc(C(F)F)o2)cc1F. The summed E-state index contributed by atoms with van der Waals surface area (Å²) in [5.74, 6) is -2.05. The first-order chi connectivity index (χ1) is 20.1. The molecule has 1 unspecified atom stereocenters. The highest BCUT2D eigenvalue weighted by molar-refractivity contribution is 7.82. The smallest absolute Gasteiger partial charge is 0.314 e. The molecule has 4 rings (SSSR count). The third-order valence-electron chi connectivity index (χ3n) is 6.48. The van der Waals surface area contributed by atoms with E-state index in [2.05, 4.69) is 79.7 Å². The average Bonchev–Trinajstić information content (AvgIpc) is 3.49. The Morgan fingerprint density at radius 2 is 1.67 bits per heavy atom. The molecule has 1 saturated heterocycles. The second-order valence-corrected chi connectivity index (χ2v) is 11.1. The Hall–Kier alpha value is -3.22. The Balaban J connectivity index is 0.000000271. The van der Waals surface area contributed by atoms with Gasteiger partial charge in [0.2, 0.25) is 5.89 Å². The van der Waals surface area contributed by atoms with Crippen LogP contribution >= 0.6 is 0 Å². The number of aliphatic imine (C=N–C) groups is 1. The van der Waals surface area contributed by atoms with Crippen LogP contribution in [0, 0.1) is 11.6 Å². The molecule has 230 valence electrons. The van der Waals surface area contributed by atoms with E-state index in [1.54, 1.807) is 14.0 Å². The maximum absolute atomic E-state index is 13.5. The summed E-state index contributed by atoms with van der Waals surface area (Å²) < 4.78 is 69.9. The number of rotatable bonds is 8. The van der Waals surface area contributed by atoms with Crippen LogP contribution in [0.15, 0.2) is 51.9 Å². The Kier molecular flexibility index (Phi) is 14.7. The molecule has 0 spiro atoms. The molecular weight excluding hydrogens is 570 g/mol. The van der Waals surface area contributed by atoms with E-state index in [1.165, 1.54) is 16.7 Å². The van der Waals surface area contributed by atoms with Gasteiger partial charge in [0.15, 0.2) is 0 Å². The van der Waals surface area contributed by atoms with Gasteiger partial charge in [0.1, 0.15) is 11.6 Å². The molecule has 1 atom stereocenters. The minimum absolute atomic E-state index is 0.0680. The summed E-state index contributed by atoms with van der Waals surface area (Å²) in [5.41, 5.74) is 3.82. The predicted octanol–water partition coefficient (Wildman–Crippen LogP) is 6.74. The van der Waals surface area contributed by atoms with Crippen molar-refractivity contribution < 1.29 is 26.2 Å². The molecule has 12 heteroatoms. The molecule has 42 heavy (non-hydrogen) atoms. The van der Waals surface area contributed by atoms with Gasteiger partial charge in [0.05, 0.1) is 11.0 Å². The van der Waals surface area contributed by atoms with Crippen molar-refractivity contribution in [3.63, 3.8) is 0 Å². The van der Waals surface area contributed by atoms with E-state index < -0.39 is 34.9 Å². The van der Waals surface area contributed by atoms with Crippen molar-refractivity contribution in [1.82, 2.24) is 19.4 Å². The normalized spacial score (nSPS) is 15.0. The van der Waals surface area contributed by atoms with E-state index in [4.69, 9.17) is 0 Å². The molecule has 0 amide bonds. The van der Waals surface area contributed by atoms with Crippen LogP contribution in [0.4, 0.5) is 17.6 Å². The first kappa shape index (κ1) is 35.0. The molecule has 1 aliphatic heterocycles. The molecule has 1 aromatic heterocycles. The van der Waals surface area contributed by atoms with Gasteiger partial charge in [-0.2, -0.15) is 8.78 Å². The summed E-state index contributed by atoms with van der Waals surface area (Å²) in [6, 6.07) is 10.8. The molecule has 7 nitrogen and oxygen atoms in total. The molecule has 1 aliphatic rings. The lowest BCUT2D eigenvalue weighted by molar-refractivity contribution is 0.116. The van der Waals surface area contributed by atoms with Gasteiger partial charge in [-0.05, 0) is 55.8 Å². The van der Waals surface area contributed by atoms with Crippen LogP contribution < -0.4 is 0 Å². The fraction of sp³-hybridized carbons (Fsp3) is 0.433. The maximum Gasteiger partial charge on any atom is 0.314 e. The molecule has 0 N–H and O–H groups in total. The quantitative estimate of drug-likeness (QED) is 0.209. The summed E-state index contributed by atoms with van der Waals surface area (Å²) in [7, 11) is 0.855. The van der Waals surface area contributed by atoms with Crippen LogP contribution in [0.3, 0.4) is 0 Å². The van der Waals surface area contributed by atoms with Crippen molar-refractivity contribution >= 4 is 23.3 Å². The average molecular weight is 610 g/mol. The monoisotopic (exact) mass is 609 g/mol. The number of benzene rings is 2. The molecule has 2 aromatic carbocycles. The van der Waals surface area contributed by atoms with Crippen LogP contribution in [-0.4, -0.2) is 69.3 Å². The van der Waals surface area contributed by atoms with Gasteiger partial charge in [-0.15, -0.1) is 10.2 Å². The van der Waals surface area contributed by atoms with E-state index in [-0.39, 0.29) is 23.4 Å². The first-order valence-corrected chi connectivity index (χ1v) is 14.9. The number of halogens is 4. The minimum Gasteiger partial charge on any atom is -0.415 e. The van der Waals surface area contributed by atoms with Crippen molar-refractivity contribution in [3.8, 4) is 11.5 Å². The number of alkyl halides is 2. The van der Waals surface area contributed by atoms with Gasteiger partial charge in [0, 0.05) is 56.7 Å². The molecule has 0 aliphatic carbocycles. The lowest BCUT2D eigenvalue weighted by atomic mass is 10.1. The zero-order chi connectivity index (χ0) is 31.2. The predicted molar refractivity (Wildman–Crippen MR) is 161 cm³/mol. The summed E-state index contributed by atoms with van der Waals surface area (Å²) >= 11 is 0. The van der Waals surface area contributed by atoms with E-state index in [0.29, 0.717) is 0 Å². The van der Waals surface area contributed by atoms with Crippen LogP contribution in [0.5, 0.6) is 0 Å². The van der Waals surface area contributed by atoms with Crippen molar-refractivity contribution in [1.29, 1.82) is 0 Å². The van der Waals surface area contributed by atoms with Crippen LogP contribution in [-0.2, 0) is 24.0 Å². The summed E-state index contributed by atoms with van der Waals surface area (Å²) in [4.78, 5) is 5.70. The maximum atomic E-state index is 13.5. The number of aromatic nitrogens is 2. The minimum atomic E-state index is -2.92. The van der Waals surface area contributed by atoms with Gasteiger partial charge in [-0.1, -0.05) is 44.2 Å². The van der Waals surface area contributed by atoms with Crippen molar-refractivity contribution in [3.05, 3.63) is 76.7 Å².